The summed E-state index contributed by atoms with van der Waals surface area (Å²) >= 11 is 0. The van der Waals surface area contributed by atoms with Gasteiger partial charge in [-0.15, -0.1) is 0 Å². The number of rotatable bonds is 2. The van der Waals surface area contributed by atoms with Crippen LogP contribution in [-0.2, 0) is 0 Å². The summed E-state index contributed by atoms with van der Waals surface area (Å²) in [6.07, 6.45) is 1.47. The van der Waals surface area contributed by atoms with Crippen LogP contribution in [0.15, 0.2) is 0 Å². The Morgan fingerprint density at radius 1 is 1.45 bits per heavy atom. The molecule has 0 aromatic rings. The Hall–Kier alpha value is -0.110. The summed E-state index contributed by atoms with van der Waals surface area (Å²) in [5, 5.41) is 0. The molecule has 1 saturated heterocycles. The molecule has 0 radical (unpaired) electrons. The summed E-state index contributed by atoms with van der Waals surface area (Å²) in [7, 11) is 0. The number of nitrogens with zero attached hydrogens (tertiary/aromatic N) is 1. The van der Waals surface area contributed by atoms with Crippen molar-refractivity contribution in [3.05, 3.63) is 0 Å². The predicted molar refractivity (Wildman–Crippen MR) is 45.4 cm³/mol. The van der Waals surface area contributed by atoms with Crippen LogP contribution in [0.5, 0.6) is 0 Å². The maximum atomic E-state index is 13.2. The van der Waals surface area contributed by atoms with Crippen molar-refractivity contribution in [1.82, 2.24) is 4.90 Å². The van der Waals surface area contributed by atoms with Crippen molar-refractivity contribution < 1.29 is 4.39 Å². The van der Waals surface area contributed by atoms with Gasteiger partial charge in [-0.05, 0) is 25.4 Å². The van der Waals surface area contributed by atoms with E-state index in [1.54, 1.807) is 0 Å². The molecule has 0 amide bonds. The zero-order valence-electron chi connectivity index (χ0n) is 7.52. The highest BCUT2D eigenvalue weighted by molar-refractivity contribution is 4.78. The van der Waals surface area contributed by atoms with E-state index in [0.29, 0.717) is 12.5 Å². The van der Waals surface area contributed by atoms with Gasteiger partial charge in [0.15, 0.2) is 0 Å². The molecule has 0 saturated carbocycles. The Bertz CT molecular complexity index is 116. The molecule has 0 aromatic heterocycles. The molecule has 1 aliphatic rings. The molecule has 0 N–H and O–H groups in total. The van der Waals surface area contributed by atoms with Gasteiger partial charge in [0.25, 0.3) is 0 Å². The summed E-state index contributed by atoms with van der Waals surface area (Å²) in [4.78, 5) is 2.19. The Balaban J connectivity index is 2.34. The van der Waals surface area contributed by atoms with Crippen LogP contribution in [0.1, 0.15) is 26.7 Å². The fourth-order valence-electron chi connectivity index (χ4n) is 1.76. The van der Waals surface area contributed by atoms with E-state index in [0.717, 1.165) is 25.9 Å². The second-order valence-electron chi connectivity index (χ2n) is 3.37. The molecule has 0 bridgehead atoms. The summed E-state index contributed by atoms with van der Waals surface area (Å²) in [5.74, 6) is 0.331. The molecular formula is C9H18FN. The third-order valence-corrected chi connectivity index (χ3v) is 2.73. The van der Waals surface area contributed by atoms with E-state index < -0.39 is 6.17 Å². The molecule has 1 nitrogen and oxygen atoms in total. The van der Waals surface area contributed by atoms with Gasteiger partial charge in [0.2, 0.25) is 0 Å². The van der Waals surface area contributed by atoms with Crippen molar-refractivity contribution in [2.24, 2.45) is 5.92 Å². The van der Waals surface area contributed by atoms with E-state index in [1.807, 2.05) is 0 Å². The van der Waals surface area contributed by atoms with Crippen molar-refractivity contribution in [1.29, 1.82) is 0 Å². The zero-order chi connectivity index (χ0) is 8.27. The highest BCUT2D eigenvalue weighted by Gasteiger charge is 2.26. The SMILES string of the molecule is CCC1CCN(CC)C[C@@H]1F. The van der Waals surface area contributed by atoms with Gasteiger partial charge in [0, 0.05) is 6.54 Å². The van der Waals surface area contributed by atoms with Gasteiger partial charge in [-0.3, -0.25) is 0 Å². The Morgan fingerprint density at radius 3 is 2.64 bits per heavy atom. The van der Waals surface area contributed by atoms with Gasteiger partial charge in [-0.25, -0.2) is 4.39 Å². The van der Waals surface area contributed by atoms with E-state index in [9.17, 15) is 4.39 Å². The lowest BCUT2D eigenvalue weighted by molar-refractivity contribution is 0.0866. The smallest absolute Gasteiger partial charge is 0.116 e. The Kier molecular flexibility index (Phi) is 3.31. The summed E-state index contributed by atoms with van der Waals surface area (Å²) in [6, 6.07) is 0. The maximum Gasteiger partial charge on any atom is 0.116 e. The molecule has 66 valence electrons. The largest absolute Gasteiger partial charge is 0.301 e. The summed E-state index contributed by atoms with van der Waals surface area (Å²) < 4.78 is 13.2. The number of likely N-dealkylation sites (tertiary alicyclic amines) is 1. The Morgan fingerprint density at radius 2 is 2.18 bits per heavy atom. The van der Waals surface area contributed by atoms with Crippen LogP contribution in [-0.4, -0.2) is 30.7 Å². The maximum absolute atomic E-state index is 13.2. The fraction of sp³-hybridized carbons (Fsp3) is 1.00. The molecule has 0 spiro atoms. The van der Waals surface area contributed by atoms with Gasteiger partial charge in [-0.2, -0.15) is 0 Å². The first-order chi connectivity index (χ1) is 5.27. The van der Waals surface area contributed by atoms with Gasteiger partial charge >= 0.3 is 0 Å². The van der Waals surface area contributed by atoms with E-state index in [-0.39, 0.29) is 0 Å². The number of halogens is 1. The Labute approximate surface area is 68.6 Å². The predicted octanol–water partition coefficient (Wildman–Crippen LogP) is 2.08. The second kappa shape index (κ2) is 4.05. The minimum absolute atomic E-state index is 0.331. The molecule has 0 aromatic carbocycles. The minimum Gasteiger partial charge on any atom is -0.301 e. The standard InChI is InChI=1S/C9H18FN/c1-3-8-5-6-11(4-2)7-9(8)10/h8-9H,3-7H2,1-2H3/t8?,9-/m0/s1. The van der Waals surface area contributed by atoms with Crippen LogP contribution >= 0.6 is 0 Å². The van der Waals surface area contributed by atoms with Crippen molar-refractivity contribution >= 4 is 0 Å². The third kappa shape index (κ3) is 2.16. The van der Waals surface area contributed by atoms with Crippen LogP contribution in [0.4, 0.5) is 4.39 Å². The van der Waals surface area contributed by atoms with Crippen molar-refractivity contribution in [2.75, 3.05) is 19.6 Å². The molecule has 1 fully saturated rings. The molecule has 2 atom stereocenters. The molecule has 0 aliphatic carbocycles. The van der Waals surface area contributed by atoms with Crippen LogP contribution < -0.4 is 0 Å². The lowest BCUT2D eigenvalue weighted by Gasteiger charge is -2.33. The number of alkyl halides is 1. The molecule has 2 heteroatoms. The van der Waals surface area contributed by atoms with E-state index in [2.05, 4.69) is 18.7 Å². The molecule has 1 unspecified atom stereocenters. The number of hydrogen-bond donors (Lipinski definition) is 0. The molecule has 11 heavy (non-hydrogen) atoms. The van der Waals surface area contributed by atoms with Gasteiger partial charge in [0.1, 0.15) is 6.17 Å². The highest BCUT2D eigenvalue weighted by atomic mass is 19.1. The van der Waals surface area contributed by atoms with Crippen molar-refractivity contribution in [3.63, 3.8) is 0 Å². The zero-order valence-corrected chi connectivity index (χ0v) is 7.52. The molecular weight excluding hydrogens is 141 g/mol. The summed E-state index contributed by atoms with van der Waals surface area (Å²) in [6.45, 7) is 6.93. The third-order valence-electron chi connectivity index (χ3n) is 2.73. The fourth-order valence-corrected chi connectivity index (χ4v) is 1.76. The first kappa shape index (κ1) is 8.98. The number of piperidine rings is 1. The lowest BCUT2D eigenvalue weighted by atomic mass is 9.93. The quantitative estimate of drug-likeness (QED) is 0.596. The van der Waals surface area contributed by atoms with Gasteiger partial charge in [0.05, 0.1) is 0 Å². The van der Waals surface area contributed by atoms with Gasteiger partial charge in [-0.1, -0.05) is 20.3 Å². The average molecular weight is 159 g/mol. The number of hydrogen-bond acceptors (Lipinski definition) is 1. The highest BCUT2D eigenvalue weighted by Crippen LogP contribution is 2.22. The second-order valence-corrected chi connectivity index (χ2v) is 3.37. The minimum atomic E-state index is -0.575. The van der Waals surface area contributed by atoms with E-state index in [1.165, 1.54) is 0 Å². The van der Waals surface area contributed by atoms with Crippen molar-refractivity contribution in [3.8, 4) is 0 Å². The van der Waals surface area contributed by atoms with Crippen LogP contribution in [0, 0.1) is 5.92 Å². The monoisotopic (exact) mass is 159 g/mol. The molecule has 1 aliphatic heterocycles. The average Bonchev–Trinajstić information content (AvgIpc) is 2.04. The van der Waals surface area contributed by atoms with E-state index >= 15 is 0 Å². The molecule has 1 heterocycles. The van der Waals surface area contributed by atoms with E-state index in [4.69, 9.17) is 0 Å². The van der Waals surface area contributed by atoms with Crippen LogP contribution in [0.2, 0.25) is 0 Å². The molecule has 1 rings (SSSR count). The van der Waals surface area contributed by atoms with Crippen LogP contribution in [0.25, 0.3) is 0 Å². The summed E-state index contributed by atoms with van der Waals surface area (Å²) in [5.41, 5.74) is 0. The van der Waals surface area contributed by atoms with Crippen molar-refractivity contribution in [2.45, 2.75) is 32.9 Å². The topological polar surface area (TPSA) is 3.24 Å². The normalized spacial score (nSPS) is 34.1. The first-order valence-electron chi connectivity index (χ1n) is 4.64. The lowest BCUT2D eigenvalue weighted by Crippen LogP contribution is -2.41. The van der Waals surface area contributed by atoms with Gasteiger partial charge < -0.3 is 4.90 Å². The first-order valence-corrected chi connectivity index (χ1v) is 4.64. The van der Waals surface area contributed by atoms with Crippen LogP contribution in [0.3, 0.4) is 0 Å².